The first-order valence-corrected chi connectivity index (χ1v) is 14.8. The minimum Gasteiger partial charge on any atom is -0.493 e. The van der Waals surface area contributed by atoms with Crippen LogP contribution in [0.15, 0.2) is 46.3 Å². The molecule has 0 radical (unpaired) electrons. The Hall–Kier alpha value is -2.91. The summed E-state index contributed by atoms with van der Waals surface area (Å²) < 4.78 is 44.9. The summed E-state index contributed by atoms with van der Waals surface area (Å²) in [6, 6.07) is 11.0. The zero-order valence-corrected chi connectivity index (χ0v) is 23.7. The van der Waals surface area contributed by atoms with Gasteiger partial charge in [-0.05, 0) is 61.9 Å². The van der Waals surface area contributed by atoms with Crippen molar-refractivity contribution in [2.24, 2.45) is 4.99 Å². The molecule has 0 spiro atoms. The van der Waals surface area contributed by atoms with Crippen LogP contribution in [0.2, 0.25) is 0 Å². The Labute approximate surface area is 226 Å². The zero-order chi connectivity index (χ0) is 27.4. The van der Waals surface area contributed by atoms with Crippen molar-refractivity contribution < 1.29 is 27.4 Å². The van der Waals surface area contributed by atoms with Crippen molar-refractivity contribution in [3.63, 3.8) is 0 Å². The van der Waals surface area contributed by atoms with Gasteiger partial charge in [0, 0.05) is 37.1 Å². The van der Waals surface area contributed by atoms with Crippen molar-refractivity contribution in [1.29, 1.82) is 0 Å². The molecular weight excluding hydrogens is 504 g/mol. The zero-order valence-electron chi connectivity index (χ0n) is 22.9. The summed E-state index contributed by atoms with van der Waals surface area (Å²) in [6.07, 6.45) is 3.60. The summed E-state index contributed by atoms with van der Waals surface area (Å²) >= 11 is 0. The van der Waals surface area contributed by atoms with E-state index in [4.69, 9.17) is 19.2 Å². The Bertz CT molecular complexity index is 1280. The average molecular weight is 543 g/mol. The Morgan fingerprint density at radius 3 is 2.21 bits per heavy atom. The fourth-order valence-electron chi connectivity index (χ4n) is 5.60. The van der Waals surface area contributed by atoms with Gasteiger partial charge < -0.3 is 14.2 Å². The van der Waals surface area contributed by atoms with Crippen LogP contribution in [0.25, 0.3) is 0 Å². The fraction of sp³-hybridized carbons (Fsp3) is 0.517. The lowest BCUT2D eigenvalue weighted by atomic mass is 9.74. The van der Waals surface area contributed by atoms with Gasteiger partial charge in [-0.1, -0.05) is 26.0 Å². The van der Waals surface area contributed by atoms with E-state index in [1.54, 1.807) is 30.7 Å². The van der Waals surface area contributed by atoms with E-state index in [0.717, 1.165) is 48.1 Å². The number of methoxy groups -OCH3 is 2. The van der Waals surface area contributed by atoms with Crippen LogP contribution in [0.4, 0.5) is 0 Å². The molecule has 38 heavy (non-hydrogen) atoms. The molecule has 8 nitrogen and oxygen atoms in total. The molecule has 2 aliphatic rings. The first-order chi connectivity index (χ1) is 18.2. The summed E-state index contributed by atoms with van der Waals surface area (Å²) in [5, 5.41) is 0. The highest BCUT2D eigenvalue weighted by Crippen LogP contribution is 2.45. The van der Waals surface area contributed by atoms with Crippen molar-refractivity contribution in [3.8, 4) is 11.5 Å². The van der Waals surface area contributed by atoms with Gasteiger partial charge >= 0.3 is 5.97 Å². The van der Waals surface area contributed by atoms with Gasteiger partial charge in [0.2, 0.25) is 10.0 Å². The van der Waals surface area contributed by atoms with Crippen molar-refractivity contribution in [3.05, 3.63) is 53.1 Å². The molecule has 1 aliphatic heterocycles. The van der Waals surface area contributed by atoms with Gasteiger partial charge in [-0.25, -0.2) is 8.42 Å². The molecule has 2 aromatic rings. The highest BCUT2D eigenvalue weighted by atomic mass is 32.2. The topological polar surface area (TPSA) is 94.5 Å². The Morgan fingerprint density at radius 1 is 1.00 bits per heavy atom. The quantitative estimate of drug-likeness (QED) is 0.395. The van der Waals surface area contributed by atoms with Crippen LogP contribution in [-0.4, -0.2) is 63.9 Å². The smallest absolute Gasteiger partial charge is 0.302 e. The normalized spacial score (nSPS) is 20.8. The lowest BCUT2D eigenvalue weighted by Crippen LogP contribution is -2.36. The number of aliphatic imine (C=N–C) groups is 1. The summed E-state index contributed by atoms with van der Waals surface area (Å²) in [5.74, 6) is 1.03. The molecule has 0 aromatic heterocycles. The minimum absolute atomic E-state index is 0.0235. The van der Waals surface area contributed by atoms with E-state index in [9.17, 15) is 13.2 Å². The molecule has 0 saturated heterocycles. The first kappa shape index (κ1) is 28.1. The number of carbonyl (C=O) groups excluding carboxylic acids is 1. The van der Waals surface area contributed by atoms with Gasteiger partial charge in [-0.2, -0.15) is 4.31 Å². The summed E-state index contributed by atoms with van der Waals surface area (Å²) in [4.78, 5) is 17.1. The summed E-state index contributed by atoms with van der Waals surface area (Å²) in [7, 11) is -0.361. The number of benzene rings is 2. The number of ether oxygens (including phenoxy) is 3. The van der Waals surface area contributed by atoms with Crippen molar-refractivity contribution in [2.45, 2.75) is 75.8 Å². The molecule has 1 saturated carbocycles. The molecule has 4 rings (SSSR count). The third-order valence-electron chi connectivity index (χ3n) is 7.32. The SMILES string of the molecule is CCCN(CCC)S(=O)(=O)c1ccc(C2=NC3CCC(OC(C)=O)CC3c3cc(OC)c(OC)cc32)cc1. The van der Waals surface area contributed by atoms with Gasteiger partial charge in [0.1, 0.15) is 6.10 Å². The highest BCUT2D eigenvalue weighted by Gasteiger charge is 2.39. The molecule has 206 valence electrons. The molecule has 3 atom stereocenters. The average Bonchev–Trinajstić information content (AvgIpc) is 2.91. The molecule has 0 amide bonds. The van der Waals surface area contributed by atoms with Crippen molar-refractivity contribution >= 4 is 21.7 Å². The minimum atomic E-state index is -3.57. The van der Waals surface area contributed by atoms with Gasteiger partial charge in [0.05, 0.1) is 30.9 Å². The van der Waals surface area contributed by atoms with E-state index in [0.29, 0.717) is 31.0 Å². The Morgan fingerprint density at radius 2 is 1.63 bits per heavy atom. The summed E-state index contributed by atoms with van der Waals surface area (Å²) in [6.45, 7) is 6.40. The standard InChI is InChI=1S/C29H38N2O6S/c1-6-14-31(15-7-2)38(33,34)22-11-8-20(9-12-22)29-25-18-28(36-5)27(35-4)17-23(25)24-16-21(37-19(3)32)10-13-26(24)30-29/h8-9,11-12,17-18,21,24,26H,6-7,10,13-16H2,1-5H3. The van der Waals surface area contributed by atoms with Gasteiger partial charge in [-0.15, -0.1) is 0 Å². The molecule has 1 fully saturated rings. The van der Waals surface area contributed by atoms with E-state index in [2.05, 4.69) is 0 Å². The monoisotopic (exact) mass is 542 g/mol. The highest BCUT2D eigenvalue weighted by molar-refractivity contribution is 7.89. The fourth-order valence-corrected chi connectivity index (χ4v) is 7.23. The molecule has 1 heterocycles. The predicted molar refractivity (Wildman–Crippen MR) is 147 cm³/mol. The van der Waals surface area contributed by atoms with Gasteiger partial charge in [-0.3, -0.25) is 9.79 Å². The number of hydrogen-bond acceptors (Lipinski definition) is 7. The van der Waals surface area contributed by atoms with Crippen LogP contribution in [0.3, 0.4) is 0 Å². The van der Waals surface area contributed by atoms with Gasteiger partial charge in [0.25, 0.3) is 0 Å². The van der Waals surface area contributed by atoms with Crippen LogP contribution in [0.5, 0.6) is 11.5 Å². The molecule has 9 heteroatoms. The number of sulfonamides is 1. The Balaban J connectivity index is 1.74. The van der Waals surface area contributed by atoms with Crippen LogP contribution in [0, 0.1) is 0 Å². The van der Waals surface area contributed by atoms with E-state index >= 15 is 0 Å². The van der Waals surface area contributed by atoms with Crippen LogP contribution < -0.4 is 9.47 Å². The number of nitrogens with zero attached hydrogens (tertiary/aromatic N) is 2. The third-order valence-corrected chi connectivity index (χ3v) is 9.23. The number of carbonyl (C=O) groups is 1. The molecular formula is C29H38N2O6S. The maximum atomic E-state index is 13.3. The van der Waals surface area contributed by atoms with Crippen LogP contribution in [-0.2, 0) is 19.6 Å². The third kappa shape index (κ3) is 5.59. The number of hydrogen-bond donors (Lipinski definition) is 0. The van der Waals surface area contributed by atoms with Crippen LogP contribution in [0.1, 0.15) is 75.5 Å². The molecule has 1 aliphatic carbocycles. The van der Waals surface area contributed by atoms with Crippen molar-refractivity contribution in [1.82, 2.24) is 4.31 Å². The predicted octanol–water partition coefficient (Wildman–Crippen LogP) is 4.93. The maximum absolute atomic E-state index is 13.3. The summed E-state index contributed by atoms with van der Waals surface area (Å²) in [5.41, 5.74) is 3.64. The lowest BCUT2D eigenvalue weighted by molar-refractivity contribution is -0.148. The second-order valence-corrected chi connectivity index (χ2v) is 11.9. The molecule has 2 aromatic carbocycles. The van der Waals surface area contributed by atoms with E-state index in [-0.39, 0.29) is 28.9 Å². The number of esters is 1. The lowest BCUT2D eigenvalue weighted by Gasteiger charge is -2.38. The Kier molecular flexibility index (Phi) is 8.78. The van der Waals surface area contributed by atoms with E-state index < -0.39 is 10.0 Å². The molecule has 0 N–H and O–H groups in total. The van der Waals surface area contributed by atoms with E-state index in [1.165, 1.54) is 6.92 Å². The van der Waals surface area contributed by atoms with Crippen molar-refractivity contribution in [2.75, 3.05) is 27.3 Å². The van der Waals surface area contributed by atoms with Gasteiger partial charge in [0.15, 0.2) is 11.5 Å². The molecule has 3 unspecified atom stereocenters. The number of rotatable bonds is 10. The maximum Gasteiger partial charge on any atom is 0.302 e. The first-order valence-electron chi connectivity index (χ1n) is 13.3. The van der Waals surface area contributed by atoms with Crippen LogP contribution >= 0.6 is 0 Å². The number of fused-ring (bicyclic) bond motifs is 3. The largest absolute Gasteiger partial charge is 0.493 e. The molecule has 0 bridgehead atoms. The second-order valence-electron chi connectivity index (χ2n) is 9.92. The second kappa shape index (κ2) is 11.9. The van der Waals surface area contributed by atoms with E-state index in [1.807, 2.05) is 38.1 Å².